The van der Waals surface area contributed by atoms with Crippen molar-refractivity contribution in [2.45, 2.75) is 31.8 Å². The van der Waals surface area contributed by atoms with Crippen LogP contribution in [0.2, 0.25) is 10.0 Å². The fourth-order valence-corrected chi connectivity index (χ4v) is 3.39. The standard InChI is InChI=1S/C19H22Cl2N4O/c1-13(14-5-6-16(20)17(21)12-14)23-19(26)24-15-7-10-25(11-8-15)18-4-2-3-9-22-18/h2-6,9,12-13,15H,7-8,10-11H2,1H3,(H2,23,24,26). The number of benzene rings is 1. The van der Waals surface area contributed by atoms with Crippen LogP contribution in [0.25, 0.3) is 0 Å². The van der Waals surface area contributed by atoms with Crippen LogP contribution in [0, 0.1) is 0 Å². The Morgan fingerprint density at radius 1 is 1.19 bits per heavy atom. The molecule has 1 aliphatic rings. The van der Waals surface area contributed by atoms with E-state index in [1.54, 1.807) is 18.3 Å². The van der Waals surface area contributed by atoms with Crippen molar-refractivity contribution in [3.05, 3.63) is 58.2 Å². The van der Waals surface area contributed by atoms with Gasteiger partial charge in [0.25, 0.3) is 0 Å². The monoisotopic (exact) mass is 392 g/mol. The minimum atomic E-state index is -0.167. The average molecular weight is 393 g/mol. The lowest BCUT2D eigenvalue weighted by Crippen LogP contribution is -2.48. The van der Waals surface area contributed by atoms with Crippen molar-refractivity contribution >= 4 is 35.1 Å². The van der Waals surface area contributed by atoms with Gasteiger partial charge in [-0.25, -0.2) is 9.78 Å². The molecule has 0 bridgehead atoms. The van der Waals surface area contributed by atoms with Crippen LogP contribution in [0.4, 0.5) is 10.6 Å². The van der Waals surface area contributed by atoms with Crippen molar-refractivity contribution in [3.8, 4) is 0 Å². The molecule has 1 unspecified atom stereocenters. The molecular formula is C19H22Cl2N4O. The number of halogens is 2. The highest BCUT2D eigenvalue weighted by atomic mass is 35.5. The second-order valence-corrected chi connectivity index (χ2v) is 7.28. The number of nitrogens with zero attached hydrogens (tertiary/aromatic N) is 2. The molecule has 0 radical (unpaired) electrons. The van der Waals surface area contributed by atoms with Gasteiger partial charge < -0.3 is 15.5 Å². The molecule has 1 aromatic carbocycles. The first kappa shape index (κ1) is 18.8. The zero-order valence-electron chi connectivity index (χ0n) is 14.6. The van der Waals surface area contributed by atoms with E-state index >= 15 is 0 Å². The smallest absolute Gasteiger partial charge is 0.315 e. The highest BCUT2D eigenvalue weighted by molar-refractivity contribution is 6.42. The third-order valence-electron chi connectivity index (χ3n) is 4.59. The summed E-state index contributed by atoms with van der Waals surface area (Å²) in [4.78, 5) is 18.9. The number of anilines is 1. The first-order valence-electron chi connectivity index (χ1n) is 8.71. The Morgan fingerprint density at radius 3 is 2.62 bits per heavy atom. The van der Waals surface area contributed by atoms with E-state index in [0.29, 0.717) is 10.0 Å². The molecule has 1 fully saturated rings. The molecule has 1 saturated heterocycles. The van der Waals surface area contributed by atoms with E-state index in [1.807, 2.05) is 31.2 Å². The van der Waals surface area contributed by atoms with Crippen LogP contribution in [-0.4, -0.2) is 30.1 Å². The van der Waals surface area contributed by atoms with Crippen molar-refractivity contribution < 1.29 is 4.79 Å². The number of amides is 2. The number of nitrogens with one attached hydrogen (secondary N) is 2. The lowest BCUT2D eigenvalue weighted by atomic mass is 10.1. The van der Waals surface area contributed by atoms with Crippen molar-refractivity contribution in [3.63, 3.8) is 0 Å². The number of hydrogen-bond donors (Lipinski definition) is 2. The summed E-state index contributed by atoms with van der Waals surface area (Å²) in [6, 6.07) is 11.1. The Balaban J connectivity index is 1.47. The number of rotatable bonds is 4. The Kier molecular flexibility index (Phi) is 6.22. The average Bonchev–Trinajstić information content (AvgIpc) is 2.65. The molecule has 26 heavy (non-hydrogen) atoms. The van der Waals surface area contributed by atoms with E-state index < -0.39 is 0 Å². The molecule has 1 aliphatic heterocycles. The number of carbonyl (C=O) groups excluding carboxylic acids is 1. The molecule has 138 valence electrons. The van der Waals surface area contributed by atoms with Gasteiger partial charge in [0, 0.05) is 25.3 Å². The van der Waals surface area contributed by atoms with Crippen molar-refractivity contribution in [1.29, 1.82) is 0 Å². The van der Waals surface area contributed by atoms with Crippen LogP contribution in [0.3, 0.4) is 0 Å². The van der Waals surface area contributed by atoms with Crippen molar-refractivity contribution in [1.82, 2.24) is 15.6 Å². The summed E-state index contributed by atoms with van der Waals surface area (Å²) >= 11 is 12.0. The minimum Gasteiger partial charge on any atom is -0.356 e. The second kappa shape index (κ2) is 8.60. The van der Waals surface area contributed by atoms with E-state index in [2.05, 4.69) is 20.5 Å². The summed E-state index contributed by atoms with van der Waals surface area (Å²) < 4.78 is 0. The first-order chi connectivity index (χ1) is 12.5. The van der Waals surface area contributed by atoms with Gasteiger partial charge in [-0.3, -0.25) is 0 Å². The molecular weight excluding hydrogens is 371 g/mol. The van der Waals surface area contributed by atoms with E-state index in [-0.39, 0.29) is 18.1 Å². The van der Waals surface area contributed by atoms with Crippen LogP contribution >= 0.6 is 23.2 Å². The first-order valence-corrected chi connectivity index (χ1v) is 9.46. The molecule has 1 aromatic heterocycles. The van der Waals surface area contributed by atoms with Gasteiger partial charge in [0.05, 0.1) is 16.1 Å². The number of urea groups is 1. The Labute approximate surface area is 163 Å². The van der Waals surface area contributed by atoms with Gasteiger partial charge >= 0.3 is 6.03 Å². The number of pyridine rings is 1. The Hall–Kier alpha value is -1.98. The quantitative estimate of drug-likeness (QED) is 0.809. The van der Waals surface area contributed by atoms with E-state index in [1.165, 1.54) is 0 Å². The highest BCUT2D eigenvalue weighted by Crippen LogP contribution is 2.25. The fourth-order valence-electron chi connectivity index (χ4n) is 3.08. The molecule has 0 spiro atoms. The van der Waals surface area contributed by atoms with Crippen LogP contribution in [-0.2, 0) is 0 Å². The maximum Gasteiger partial charge on any atom is 0.315 e. The summed E-state index contributed by atoms with van der Waals surface area (Å²) in [6.07, 6.45) is 3.59. The van der Waals surface area contributed by atoms with Gasteiger partial charge in [-0.05, 0) is 49.6 Å². The SMILES string of the molecule is CC(NC(=O)NC1CCN(c2ccccn2)CC1)c1ccc(Cl)c(Cl)c1. The van der Waals surface area contributed by atoms with Crippen LogP contribution in [0.5, 0.6) is 0 Å². The summed E-state index contributed by atoms with van der Waals surface area (Å²) in [7, 11) is 0. The third-order valence-corrected chi connectivity index (χ3v) is 5.33. The molecule has 0 saturated carbocycles. The van der Waals surface area contributed by atoms with E-state index in [9.17, 15) is 4.79 Å². The Morgan fingerprint density at radius 2 is 1.96 bits per heavy atom. The number of carbonyl (C=O) groups is 1. The molecule has 2 aromatic rings. The third kappa shape index (κ3) is 4.80. The molecule has 3 rings (SSSR count). The molecule has 2 heterocycles. The molecule has 1 atom stereocenters. The molecule has 7 heteroatoms. The minimum absolute atomic E-state index is 0.154. The predicted octanol–water partition coefficient (Wildman–Crippen LogP) is 4.42. The van der Waals surface area contributed by atoms with E-state index in [0.717, 1.165) is 37.3 Å². The highest BCUT2D eigenvalue weighted by Gasteiger charge is 2.22. The summed E-state index contributed by atoms with van der Waals surface area (Å²) in [5, 5.41) is 7.01. The summed E-state index contributed by atoms with van der Waals surface area (Å²) in [5.74, 6) is 0.989. The maximum absolute atomic E-state index is 12.3. The zero-order valence-corrected chi connectivity index (χ0v) is 16.1. The number of hydrogen-bond acceptors (Lipinski definition) is 3. The van der Waals surface area contributed by atoms with Gasteiger partial charge in [-0.2, -0.15) is 0 Å². The van der Waals surface area contributed by atoms with Crippen LogP contribution < -0.4 is 15.5 Å². The van der Waals surface area contributed by atoms with Gasteiger partial charge in [0.15, 0.2) is 0 Å². The second-order valence-electron chi connectivity index (χ2n) is 6.46. The summed E-state index contributed by atoms with van der Waals surface area (Å²) in [5.41, 5.74) is 0.916. The van der Waals surface area contributed by atoms with Gasteiger partial charge in [0.1, 0.15) is 5.82 Å². The number of aromatic nitrogens is 1. The molecule has 0 aliphatic carbocycles. The molecule has 5 nitrogen and oxygen atoms in total. The summed E-state index contributed by atoms with van der Waals surface area (Å²) in [6.45, 7) is 3.68. The predicted molar refractivity (Wildman–Crippen MR) is 106 cm³/mol. The topological polar surface area (TPSA) is 57.3 Å². The van der Waals surface area contributed by atoms with Crippen molar-refractivity contribution in [2.24, 2.45) is 0 Å². The largest absolute Gasteiger partial charge is 0.356 e. The van der Waals surface area contributed by atoms with Crippen molar-refractivity contribution in [2.75, 3.05) is 18.0 Å². The normalized spacial score (nSPS) is 16.2. The van der Waals surface area contributed by atoms with Gasteiger partial charge in [-0.1, -0.05) is 35.3 Å². The van der Waals surface area contributed by atoms with Crippen LogP contribution in [0.15, 0.2) is 42.6 Å². The van der Waals surface area contributed by atoms with Crippen LogP contribution in [0.1, 0.15) is 31.4 Å². The molecule has 2 amide bonds. The lowest BCUT2D eigenvalue weighted by molar-refractivity contribution is 0.231. The van der Waals surface area contributed by atoms with Gasteiger partial charge in [0.2, 0.25) is 0 Å². The lowest BCUT2D eigenvalue weighted by Gasteiger charge is -2.33. The maximum atomic E-state index is 12.3. The van der Waals surface area contributed by atoms with Gasteiger partial charge in [-0.15, -0.1) is 0 Å². The number of piperidine rings is 1. The zero-order chi connectivity index (χ0) is 18.5. The Bertz CT molecular complexity index is 748. The fraction of sp³-hybridized carbons (Fsp3) is 0.368. The van der Waals surface area contributed by atoms with E-state index in [4.69, 9.17) is 23.2 Å². The molecule has 2 N–H and O–H groups in total.